The van der Waals surface area contributed by atoms with E-state index in [2.05, 4.69) is 21.7 Å². The number of alkyl carbamates (subject to hydrolysis) is 1. The Morgan fingerprint density at radius 2 is 2.32 bits per heavy atom. The number of para-hydroxylation sites is 1. The molecule has 5 nitrogen and oxygen atoms in total. The van der Waals surface area contributed by atoms with Gasteiger partial charge in [-0.15, -0.1) is 0 Å². The number of aromatic nitrogens is 2. The Kier molecular flexibility index (Phi) is 4.18. The minimum Gasteiger partial charge on any atom is -0.453 e. The number of hydrogen-bond donors (Lipinski definition) is 1. The normalized spacial score (nSPS) is 10.4. The van der Waals surface area contributed by atoms with Gasteiger partial charge in [0, 0.05) is 18.5 Å². The SMILES string of the molecule is C=Cc1nn(CCCNC(=O)OC)c2ccccc12. The van der Waals surface area contributed by atoms with E-state index < -0.39 is 6.09 Å². The first-order chi connectivity index (χ1) is 9.26. The first-order valence-electron chi connectivity index (χ1n) is 6.16. The van der Waals surface area contributed by atoms with E-state index in [0.29, 0.717) is 6.54 Å². The predicted molar refractivity (Wildman–Crippen MR) is 74.8 cm³/mol. The maximum absolute atomic E-state index is 10.9. The van der Waals surface area contributed by atoms with E-state index in [9.17, 15) is 4.79 Å². The quantitative estimate of drug-likeness (QED) is 0.839. The van der Waals surface area contributed by atoms with Crippen LogP contribution in [-0.4, -0.2) is 29.5 Å². The second-order valence-electron chi connectivity index (χ2n) is 4.10. The number of nitrogens with one attached hydrogen (secondary N) is 1. The molecule has 0 bridgehead atoms. The zero-order valence-corrected chi connectivity index (χ0v) is 10.9. The number of aryl methyl sites for hydroxylation is 1. The smallest absolute Gasteiger partial charge is 0.406 e. The zero-order valence-electron chi connectivity index (χ0n) is 10.9. The Balaban J connectivity index is 2.04. The molecular formula is C14H17N3O2. The van der Waals surface area contributed by atoms with Crippen LogP contribution in [-0.2, 0) is 11.3 Å². The van der Waals surface area contributed by atoms with Crippen LogP contribution in [0.3, 0.4) is 0 Å². The highest BCUT2D eigenvalue weighted by molar-refractivity contribution is 5.86. The lowest BCUT2D eigenvalue weighted by Crippen LogP contribution is -2.24. The topological polar surface area (TPSA) is 56.2 Å². The Labute approximate surface area is 111 Å². The summed E-state index contributed by atoms with van der Waals surface area (Å²) < 4.78 is 6.44. The van der Waals surface area contributed by atoms with E-state index in [1.165, 1.54) is 7.11 Å². The number of carbonyl (C=O) groups excluding carboxylic acids is 1. The maximum Gasteiger partial charge on any atom is 0.406 e. The van der Waals surface area contributed by atoms with Gasteiger partial charge in [-0.3, -0.25) is 4.68 Å². The van der Waals surface area contributed by atoms with Crippen LogP contribution in [0.5, 0.6) is 0 Å². The van der Waals surface area contributed by atoms with Gasteiger partial charge in [0.15, 0.2) is 0 Å². The van der Waals surface area contributed by atoms with Crippen LogP contribution in [0.1, 0.15) is 12.1 Å². The van der Waals surface area contributed by atoms with Gasteiger partial charge in [-0.1, -0.05) is 24.8 Å². The fourth-order valence-corrected chi connectivity index (χ4v) is 1.97. The lowest BCUT2D eigenvalue weighted by Gasteiger charge is -2.05. The van der Waals surface area contributed by atoms with Gasteiger partial charge in [0.05, 0.1) is 18.3 Å². The van der Waals surface area contributed by atoms with Gasteiger partial charge >= 0.3 is 6.09 Å². The number of benzene rings is 1. The average molecular weight is 259 g/mol. The third-order valence-electron chi connectivity index (χ3n) is 2.88. The Hall–Kier alpha value is -2.30. The van der Waals surface area contributed by atoms with Crippen molar-refractivity contribution in [1.29, 1.82) is 0 Å². The summed E-state index contributed by atoms with van der Waals surface area (Å²) in [7, 11) is 1.35. The van der Waals surface area contributed by atoms with Crippen LogP contribution in [0, 0.1) is 0 Å². The van der Waals surface area contributed by atoms with Gasteiger partial charge in [-0.2, -0.15) is 5.10 Å². The van der Waals surface area contributed by atoms with Crippen molar-refractivity contribution < 1.29 is 9.53 Å². The number of carbonyl (C=O) groups is 1. The van der Waals surface area contributed by atoms with Crippen LogP contribution in [0.2, 0.25) is 0 Å². The number of fused-ring (bicyclic) bond motifs is 1. The van der Waals surface area contributed by atoms with Gasteiger partial charge in [0.1, 0.15) is 0 Å². The van der Waals surface area contributed by atoms with Gasteiger partial charge in [0.25, 0.3) is 0 Å². The molecule has 0 atom stereocenters. The largest absolute Gasteiger partial charge is 0.453 e. The molecule has 0 radical (unpaired) electrons. The molecule has 1 aromatic carbocycles. The average Bonchev–Trinajstić information content (AvgIpc) is 2.81. The van der Waals surface area contributed by atoms with Crippen molar-refractivity contribution in [3.63, 3.8) is 0 Å². The van der Waals surface area contributed by atoms with Crippen molar-refractivity contribution in [2.45, 2.75) is 13.0 Å². The van der Waals surface area contributed by atoms with Crippen LogP contribution in [0.15, 0.2) is 30.8 Å². The Morgan fingerprint density at radius 3 is 3.05 bits per heavy atom. The molecule has 0 aliphatic heterocycles. The molecule has 19 heavy (non-hydrogen) atoms. The molecule has 1 amide bonds. The van der Waals surface area contributed by atoms with Gasteiger partial charge in [-0.05, 0) is 18.6 Å². The Bertz CT molecular complexity index is 589. The number of nitrogens with zero attached hydrogens (tertiary/aromatic N) is 2. The first-order valence-corrected chi connectivity index (χ1v) is 6.16. The van der Waals surface area contributed by atoms with Gasteiger partial charge in [0.2, 0.25) is 0 Å². The summed E-state index contributed by atoms with van der Waals surface area (Å²) in [4.78, 5) is 10.9. The fraction of sp³-hybridized carbons (Fsp3) is 0.286. The molecule has 0 unspecified atom stereocenters. The van der Waals surface area contributed by atoms with E-state index in [1.807, 2.05) is 28.9 Å². The molecule has 2 aromatic rings. The maximum atomic E-state index is 10.9. The van der Waals surface area contributed by atoms with Crippen molar-refractivity contribution in [3.8, 4) is 0 Å². The molecule has 1 N–H and O–H groups in total. The van der Waals surface area contributed by atoms with Crippen LogP contribution in [0.4, 0.5) is 4.79 Å². The van der Waals surface area contributed by atoms with E-state index in [4.69, 9.17) is 0 Å². The third kappa shape index (κ3) is 2.93. The number of amides is 1. The summed E-state index contributed by atoms with van der Waals surface area (Å²) in [5, 5.41) is 8.24. The number of rotatable bonds is 5. The number of methoxy groups -OCH3 is 1. The van der Waals surface area contributed by atoms with Crippen LogP contribution < -0.4 is 5.32 Å². The van der Waals surface area contributed by atoms with Crippen molar-refractivity contribution >= 4 is 23.1 Å². The molecule has 1 heterocycles. The summed E-state index contributed by atoms with van der Waals surface area (Å²) in [5.74, 6) is 0. The van der Waals surface area contributed by atoms with E-state index >= 15 is 0 Å². The highest BCUT2D eigenvalue weighted by Gasteiger charge is 2.07. The molecule has 5 heteroatoms. The van der Waals surface area contributed by atoms with Gasteiger partial charge in [-0.25, -0.2) is 4.79 Å². The van der Waals surface area contributed by atoms with E-state index in [0.717, 1.165) is 29.6 Å². The predicted octanol–water partition coefficient (Wildman–Crippen LogP) is 2.43. The molecule has 0 fully saturated rings. The lowest BCUT2D eigenvalue weighted by atomic mass is 10.2. The summed E-state index contributed by atoms with van der Waals surface area (Å²) in [6, 6.07) is 8.03. The molecule has 0 aliphatic rings. The minimum atomic E-state index is -0.405. The Morgan fingerprint density at radius 1 is 1.53 bits per heavy atom. The van der Waals surface area contributed by atoms with Gasteiger partial charge < -0.3 is 10.1 Å². The molecule has 0 saturated heterocycles. The standard InChI is InChI=1S/C14H17N3O2/c1-3-12-11-7-4-5-8-13(11)17(16-12)10-6-9-15-14(18)19-2/h3-5,7-8H,1,6,9-10H2,2H3,(H,15,18). The molecular weight excluding hydrogens is 242 g/mol. The minimum absolute atomic E-state index is 0.405. The third-order valence-corrected chi connectivity index (χ3v) is 2.88. The fourth-order valence-electron chi connectivity index (χ4n) is 1.97. The van der Waals surface area contributed by atoms with Crippen LogP contribution >= 0.6 is 0 Å². The molecule has 0 spiro atoms. The second-order valence-corrected chi connectivity index (χ2v) is 4.10. The summed E-state index contributed by atoms with van der Waals surface area (Å²) in [5.41, 5.74) is 1.96. The van der Waals surface area contributed by atoms with Crippen molar-refractivity contribution in [1.82, 2.24) is 15.1 Å². The zero-order chi connectivity index (χ0) is 13.7. The lowest BCUT2D eigenvalue weighted by molar-refractivity contribution is 0.170. The van der Waals surface area contributed by atoms with Crippen molar-refractivity contribution in [2.75, 3.05) is 13.7 Å². The summed E-state index contributed by atoms with van der Waals surface area (Å²) in [6.45, 7) is 5.07. The first kappa shape index (κ1) is 13.1. The number of hydrogen-bond acceptors (Lipinski definition) is 3. The molecule has 0 saturated carbocycles. The highest BCUT2D eigenvalue weighted by atomic mass is 16.5. The summed E-state index contributed by atoms with van der Waals surface area (Å²) >= 11 is 0. The molecule has 2 rings (SSSR count). The second kappa shape index (κ2) is 6.04. The number of ether oxygens (including phenoxy) is 1. The van der Waals surface area contributed by atoms with Crippen molar-refractivity contribution in [3.05, 3.63) is 36.5 Å². The molecule has 1 aromatic heterocycles. The highest BCUT2D eigenvalue weighted by Crippen LogP contribution is 2.19. The van der Waals surface area contributed by atoms with E-state index in [1.54, 1.807) is 6.08 Å². The monoisotopic (exact) mass is 259 g/mol. The van der Waals surface area contributed by atoms with Crippen LogP contribution in [0.25, 0.3) is 17.0 Å². The molecule has 0 aliphatic carbocycles. The van der Waals surface area contributed by atoms with Crippen molar-refractivity contribution in [2.24, 2.45) is 0 Å². The summed E-state index contributed by atoms with van der Waals surface area (Å²) in [6.07, 6.45) is 2.14. The molecule has 100 valence electrons. The van der Waals surface area contributed by atoms with E-state index in [-0.39, 0.29) is 0 Å².